The summed E-state index contributed by atoms with van der Waals surface area (Å²) in [5, 5.41) is 19.4. The smallest absolute Gasteiger partial charge is 0.248 e. The van der Waals surface area contributed by atoms with Gasteiger partial charge in [0.05, 0.1) is 11.3 Å². The first-order valence-corrected chi connectivity index (χ1v) is 10.6. The molecular formula is C17H14BrN5OS2. The number of benzene rings is 1. The van der Waals surface area contributed by atoms with Gasteiger partial charge in [0, 0.05) is 15.9 Å². The second-order valence-corrected chi connectivity index (χ2v) is 8.23. The Bertz CT molecular complexity index is 983. The molecule has 3 heterocycles. The third-order valence-electron chi connectivity index (χ3n) is 3.66. The third-order valence-corrected chi connectivity index (χ3v) is 6.25. The Kier molecular flexibility index (Phi) is 5.47. The fourth-order valence-corrected chi connectivity index (χ4v) is 4.31. The van der Waals surface area contributed by atoms with E-state index in [1.807, 2.05) is 24.3 Å². The SMILES string of the molecule is Brc1ccccc1-c1nnc(CSc2nncn2CCc2cccs2)o1. The Morgan fingerprint density at radius 2 is 2.04 bits per heavy atom. The summed E-state index contributed by atoms with van der Waals surface area (Å²) in [6, 6.07) is 12.0. The summed E-state index contributed by atoms with van der Waals surface area (Å²) in [7, 11) is 0. The van der Waals surface area contributed by atoms with Crippen LogP contribution < -0.4 is 0 Å². The molecule has 0 spiro atoms. The first kappa shape index (κ1) is 17.4. The number of aryl methyl sites for hydroxylation is 2. The van der Waals surface area contributed by atoms with Gasteiger partial charge in [-0.25, -0.2) is 0 Å². The van der Waals surface area contributed by atoms with Gasteiger partial charge in [0.15, 0.2) is 5.16 Å². The van der Waals surface area contributed by atoms with Gasteiger partial charge in [-0.1, -0.05) is 30.0 Å². The predicted octanol–water partition coefficient (Wildman–Crippen LogP) is 4.69. The van der Waals surface area contributed by atoms with Gasteiger partial charge >= 0.3 is 0 Å². The number of nitrogens with zero attached hydrogens (tertiary/aromatic N) is 5. The lowest BCUT2D eigenvalue weighted by atomic mass is 10.2. The van der Waals surface area contributed by atoms with Crippen molar-refractivity contribution >= 4 is 39.0 Å². The zero-order chi connectivity index (χ0) is 17.8. The van der Waals surface area contributed by atoms with Crippen LogP contribution in [0, 0.1) is 0 Å². The molecule has 132 valence electrons. The van der Waals surface area contributed by atoms with E-state index in [4.69, 9.17) is 4.42 Å². The van der Waals surface area contributed by atoms with E-state index in [9.17, 15) is 0 Å². The maximum atomic E-state index is 5.78. The normalized spacial score (nSPS) is 11.1. The Morgan fingerprint density at radius 3 is 2.88 bits per heavy atom. The van der Waals surface area contributed by atoms with E-state index in [1.54, 1.807) is 29.4 Å². The molecule has 0 bridgehead atoms. The molecule has 1 aromatic carbocycles. The second kappa shape index (κ2) is 8.15. The van der Waals surface area contributed by atoms with Crippen molar-refractivity contribution < 1.29 is 4.42 Å². The number of rotatable bonds is 7. The topological polar surface area (TPSA) is 69.6 Å². The summed E-state index contributed by atoms with van der Waals surface area (Å²) in [6.45, 7) is 0.849. The lowest BCUT2D eigenvalue weighted by Crippen LogP contribution is -2.01. The van der Waals surface area contributed by atoms with Gasteiger partial charge in [-0.15, -0.1) is 31.7 Å². The van der Waals surface area contributed by atoms with E-state index in [0.717, 1.165) is 28.2 Å². The molecule has 4 aromatic rings. The molecule has 0 N–H and O–H groups in total. The molecule has 0 aliphatic rings. The zero-order valence-electron chi connectivity index (χ0n) is 13.6. The van der Waals surface area contributed by atoms with Crippen LogP contribution >= 0.6 is 39.0 Å². The Hall–Kier alpha value is -1.97. The van der Waals surface area contributed by atoms with Gasteiger partial charge in [0.1, 0.15) is 6.33 Å². The van der Waals surface area contributed by atoms with E-state index in [-0.39, 0.29) is 0 Å². The maximum Gasteiger partial charge on any atom is 0.248 e. The molecule has 0 amide bonds. The molecule has 0 unspecified atom stereocenters. The lowest BCUT2D eigenvalue weighted by molar-refractivity contribution is 0.527. The van der Waals surface area contributed by atoms with E-state index >= 15 is 0 Å². The van der Waals surface area contributed by atoms with Crippen molar-refractivity contribution in [1.29, 1.82) is 0 Å². The third kappa shape index (κ3) is 4.05. The van der Waals surface area contributed by atoms with Crippen molar-refractivity contribution in [2.75, 3.05) is 0 Å². The lowest BCUT2D eigenvalue weighted by Gasteiger charge is -2.04. The van der Waals surface area contributed by atoms with Gasteiger partial charge < -0.3 is 8.98 Å². The Balaban J connectivity index is 1.39. The highest BCUT2D eigenvalue weighted by Crippen LogP contribution is 2.28. The van der Waals surface area contributed by atoms with Crippen LogP contribution in [0.25, 0.3) is 11.5 Å². The van der Waals surface area contributed by atoms with Gasteiger partial charge in [0.2, 0.25) is 11.8 Å². The molecule has 6 nitrogen and oxygen atoms in total. The van der Waals surface area contributed by atoms with Crippen LogP contribution in [0.4, 0.5) is 0 Å². The Morgan fingerprint density at radius 1 is 1.12 bits per heavy atom. The number of halogens is 1. The first-order chi connectivity index (χ1) is 12.8. The van der Waals surface area contributed by atoms with Crippen LogP contribution in [0.1, 0.15) is 10.8 Å². The van der Waals surface area contributed by atoms with Crippen molar-refractivity contribution in [1.82, 2.24) is 25.0 Å². The van der Waals surface area contributed by atoms with Crippen molar-refractivity contribution in [2.45, 2.75) is 23.9 Å². The van der Waals surface area contributed by atoms with Crippen molar-refractivity contribution in [3.05, 3.63) is 63.3 Å². The summed E-state index contributed by atoms with van der Waals surface area (Å²) in [4.78, 5) is 1.35. The quantitative estimate of drug-likeness (QED) is 0.382. The minimum absolute atomic E-state index is 0.507. The summed E-state index contributed by atoms with van der Waals surface area (Å²) >= 11 is 6.81. The van der Waals surface area contributed by atoms with Gasteiger partial charge in [0.25, 0.3) is 0 Å². The number of thiophene rings is 1. The molecule has 0 saturated heterocycles. The second-order valence-electron chi connectivity index (χ2n) is 5.41. The molecule has 3 aromatic heterocycles. The standard InChI is InChI=1S/C17H14BrN5OS2/c18-14-6-2-1-5-13(14)16-21-20-15(24-16)10-26-17-22-19-11-23(17)8-7-12-4-3-9-25-12/h1-6,9,11H,7-8,10H2. The van der Waals surface area contributed by atoms with Crippen molar-refractivity contribution in [3.8, 4) is 11.5 Å². The molecule has 0 atom stereocenters. The summed E-state index contributed by atoms with van der Waals surface area (Å²) < 4.78 is 8.76. The molecule has 4 rings (SSSR count). The number of hydrogen-bond acceptors (Lipinski definition) is 7. The van der Waals surface area contributed by atoms with Crippen LogP contribution in [-0.4, -0.2) is 25.0 Å². The van der Waals surface area contributed by atoms with Crippen LogP contribution in [0.2, 0.25) is 0 Å². The van der Waals surface area contributed by atoms with Crippen LogP contribution in [0.15, 0.2) is 62.2 Å². The largest absolute Gasteiger partial charge is 0.420 e. The van der Waals surface area contributed by atoms with Crippen molar-refractivity contribution in [3.63, 3.8) is 0 Å². The summed E-state index contributed by atoms with van der Waals surface area (Å²) in [5.41, 5.74) is 0.885. The predicted molar refractivity (Wildman–Crippen MR) is 105 cm³/mol. The van der Waals surface area contributed by atoms with E-state index < -0.39 is 0 Å². The van der Waals surface area contributed by atoms with Crippen LogP contribution in [0.3, 0.4) is 0 Å². The van der Waals surface area contributed by atoms with E-state index in [2.05, 4.69) is 58.4 Å². The Labute approximate surface area is 166 Å². The summed E-state index contributed by atoms with van der Waals surface area (Å²) in [6.07, 6.45) is 2.73. The molecular weight excluding hydrogens is 434 g/mol. The van der Waals surface area contributed by atoms with Gasteiger partial charge in [-0.2, -0.15) is 0 Å². The number of thioether (sulfide) groups is 1. The minimum atomic E-state index is 0.507. The molecule has 0 aliphatic carbocycles. The zero-order valence-corrected chi connectivity index (χ0v) is 16.8. The summed E-state index contributed by atoms with van der Waals surface area (Å²) in [5.74, 6) is 1.62. The van der Waals surface area contributed by atoms with Gasteiger partial charge in [-0.05, 0) is 45.9 Å². The highest BCUT2D eigenvalue weighted by molar-refractivity contribution is 9.10. The maximum absolute atomic E-state index is 5.78. The fourth-order valence-electron chi connectivity index (χ4n) is 2.38. The van der Waals surface area contributed by atoms with Crippen molar-refractivity contribution in [2.24, 2.45) is 0 Å². The highest BCUT2D eigenvalue weighted by Gasteiger charge is 2.13. The molecule has 26 heavy (non-hydrogen) atoms. The van der Waals surface area contributed by atoms with Gasteiger partial charge in [-0.3, -0.25) is 0 Å². The van der Waals surface area contributed by atoms with E-state index in [1.165, 1.54) is 4.88 Å². The number of hydrogen-bond donors (Lipinski definition) is 0. The molecule has 0 fully saturated rings. The highest BCUT2D eigenvalue weighted by atomic mass is 79.9. The molecule has 0 saturated carbocycles. The fraction of sp³-hybridized carbons (Fsp3) is 0.176. The molecule has 0 radical (unpaired) electrons. The molecule has 9 heteroatoms. The minimum Gasteiger partial charge on any atom is -0.420 e. The first-order valence-electron chi connectivity index (χ1n) is 7.90. The molecule has 0 aliphatic heterocycles. The van der Waals surface area contributed by atoms with Crippen LogP contribution in [-0.2, 0) is 18.7 Å². The average molecular weight is 448 g/mol. The average Bonchev–Trinajstić information content (AvgIpc) is 3.40. The number of aromatic nitrogens is 5. The van der Waals surface area contributed by atoms with E-state index in [0.29, 0.717) is 17.5 Å². The monoisotopic (exact) mass is 447 g/mol. The van der Waals surface area contributed by atoms with Crippen LogP contribution in [0.5, 0.6) is 0 Å².